The molecule has 0 spiro atoms. The van der Waals surface area contributed by atoms with Crippen LogP contribution in [0.3, 0.4) is 0 Å². The molecule has 0 atom stereocenters. The Morgan fingerprint density at radius 2 is 1.71 bits per heavy atom. The number of hydrogen-bond donors (Lipinski definition) is 2. The fourth-order valence-corrected chi connectivity index (χ4v) is 2.96. The third-order valence-corrected chi connectivity index (χ3v) is 4.40. The molecule has 0 aliphatic rings. The minimum absolute atomic E-state index is 0.0651. The first-order valence-corrected chi connectivity index (χ1v) is 8.07. The van der Waals surface area contributed by atoms with E-state index in [9.17, 15) is 12.8 Å². The molecule has 0 aliphatic heterocycles. The number of nitrogens with one attached hydrogen (secondary N) is 1. The number of halogens is 1. The van der Waals surface area contributed by atoms with Crippen molar-refractivity contribution in [2.75, 3.05) is 11.3 Å². The van der Waals surface area contributed by atoms with E-state index in [4.69, 9.17) is 5.73 Å². The molecule has 0 aliphatic carbocycles. The fraction of sp³-hybridized carbons (Fsp3) is 0.200. The number of aryl methyl sites for hydroxylation is 1. The third kappa shape index (κ3) is 4.03. The van der Waals surface area contributed by atoms with Crippen molar-refractivity contribution in [2.24, 2.45) is 5.73 Å². The number of rotatable bonds is 6. The number of sulfonamides is 1. The minimum Gasteiger partial charge on any atom is -0.330 e. The zero-order valence-electron chi connectivity index (χ0n) is 11.4. The van der Waals surface area contributed by atoms with Gasteiger partial charge in [-0.3, -0.25) is 4.72 Å². The first-order chi connectivity index (χ1) is 10.0. The second-order valence-corrected chi connectivity index (χ2v) is 6.30. The van der Waals surface area contributed by atoms with Gasteiger partial charge in [0.1, 0.15) is 5.82 Å². The van der Waals surface area contributed by atoms with Crippen molar-refractivity contribution >= 4 is 15.7 Å². The predicted molar refractivity (Wildman–Crippen MR) is 81.0 cm³/mol. The van der Waals surface area contributed by atoms with Crippen molar-refractivity contribution in [1.82, 2.24) is 0 Å². The molecule has 0 unspecified atom stereocenters. The van der Waals surface area contributed by atoms with Crippen molar-refractivity contribution in [3.05, 3.63) is 59.9 Å². The number of anilines is 1. The van der Waals surface area contributed by atoms with Crippen molar-refractivity contribution in [3.8, 4) is 0 Å². The molecule has 3 N–H and O–H groups in total. The molecule has 2 aromatic carbocycles. The molecule has 0 saturated heterocycles. The van der Waals surface area contributed by atoms with E-state index in [1.165, 1.54) is 30.3 Å². The highest BCUT2D eigenvalue weighted by molar-refractivity contribution is 7.92. The Labute approximate surface area is 123 Å². The van der Waals surface area contributed by atoms with E-state index in [0.717, 1.165) is 18.4 Å². The lowest BCUT2D eigenvalue weighted by Gasteiger charge is -2.09. The number of para-hydroxylation sites is 1. The van der Waals surface area contributed by atoms with Gasteiger partial charge in [0.2, 0.25) is 0 Å². The van der Waals surface area contributed by atoms with Gasteiger partial charge in [-0.25, -0.2) is 12.8 Å². The van der Waals surface area contributed by atoms with E-state index in [-0.39, 0.29) is 10.6 Å². The third-order valence-electron chi connectivity index (χ3n) is 3.02. The molecule has 0 saturated carbocycles. The minimum atomic E-state index is -3.79. The van der Waals surface area contributed by atoms with Gasteiger partial charge in [-0.15, -0.1) is 0 Å². The molecule has 0 heterocycles. The molecular formula is C15H17FN2O2S. The lowest BCUT2D eigenvalue weighted by Crippen LogP contribution is -2.14. The molecule has 112 valence electrons. The standard InChI is InChI=1S/C15H17FN2O2S/c16-14-5-1-2-6-15(14)18-21(19,20)13-9-7-12(8-10-13)4-3-11-17/h1-2,5-10,18H,3-4,11,17H2. The van der Waals surface area contributed by atoms with Crippen molar-refractivity contribution in [2.45, 2.75) is 17.7 Å². The van der Waals surface area contributed by atoms with Crippen LogP contribution in [-0.2, 0) is 16.4 Å². The molecule has 0 amide bonds. The monoisotopic (exact) mass is 308 g/mol. The van der Waals surface area contributed by atoms with Gasteiger partial charge >= 0.3 is 0 Å². The molecule has 0 bridgehead atoms. The first kappa shape index (κ1) is 15.5. The fourth-order valence-electron chi connectivity index (χ4n) is 1.89. The zero-order chi connectivity index (χ0) is 15.3. The molecule has 0 aromatic heterocycles. The molecule has 21 heavy (non-hydrogen) atoms. The smallest absolute Gasteiger partial charge is 0.261 e. The molecule has 6 heteroatoms. The van der Waals surface area contributed by atoms with Crippen LogP contribution in [0.15, 0.2) is 53.4 Å². The maximum absolute atomic E-state index is 13.5. The van der Waals surface area contributed by atoms with Crippen LogP contribution < -0.4 is 10.5 Å². The first-order valence-electron chi connectivity index (χ1n) is 6.59. The molecule has 4 nitrogen and oxygen atoms in total. The van der Waals surface area contributed by atoms with E-state index in [0.29, 0.717) is 6.54 Å². The normalized spacial score (nSPS) is 11.3. The second-order valence-electron chi connectivity index (χ2n) is 4.62. The Morgan fingerprint density at radius 1 is 1.05 bits per heavy atom. The van der Waals surface area contributed by atoms with E-state index < -0.39 is 15.8 Å². The van der Waals surface area contributed by atoms with E-state index in [1.54, 1.807) is 18.2 Å². The molecular weight excluding hydrogens is 291 g/mol. The Morgan fingerprint density at radius 3 is 2.33 bits per heavy atom. The van der Waals surface area contributed by atoms with Crippen LogP contribution in [-0.4, -0.2) is 15.0 Å². The highest BCUT2D eigenvalue weighted by Crippen LogP contribution is 2.19. The van der Waals surface area contributed by atoms with Gasteiger partial charge in [0.15, 0.2) is 0 Å². The SMILES string of the molecule is NCCCc1ccc(S(=O)(=O)Nc2ccccc2F)cc1. The lowest BCUT2D eigenvalue weighted by atomic mass is 10.1. The molecule has 2 aromatic rings. The Balaban J connectivity index is 2.18. The van der Waals surface area contributed by atoms with Crippen molar-refractivity contribution in [1.29, 1.82) is 0 Å². The van der Waals surface area contributed by atoms with Gasteiger partial charge in [-0.1, -0.05) is 24.3 Å². The van der Waals surface area contributed by atoms with E-state index >= 15 is 0 Å². The van der Waals surface area contributed by atoms with Crippen LogP contribution in [0.5, 0.6) is 0 Å². The highest BCUT2D eigenvalue weighted by Gasteiger charge is 2.15. The Hall–Kier alpha value is -1.92. The summed E-state index contributed by atoms with van der Waals surface area (Å²) in [7, 11) is -3.79. The maximum Gasteiger partial charge on any atom is 0.261 e. The van der Waals surface area contributed by atoms with Crippen molar-refractivity contribution in [3.63, 3.8) is 0 Å². The maximum atomic E-state index is 13.5. The highest BCUT2D eigenvalue weighted by atomic mass is 32.2. The quantitative estimate of drug-likeness (QED) is 0.861. The summed E-state index contributed by atoms with van der Waals surface area (Å²) in [5.74, 6) is -0.611. The van der Waals surface area contributed by atoms with Gasteiger partial charge in [0, 0.05) is 0 Å². The molecule has 2 rings (SSSR count). The summed E-state index contributed by atoms with van der Waals surface area (Å²) in [6.45, 7) is 0.592. The van der Waals surface area contributed by atoms with Gasteiger partial charge in [-0.05, 0) is 49.2 Å². The predicted octanol–water partition coefficient (Wildman–Crippen LogP) is 2.52. The largest absolute Gasteiger partial charge is 0.330 e. The van der Waals surface area contributed by atoms with Crippen LogP contribution in [0, 0.1) is 5.82 Å². The lowest BCUT2D eigenvalue weighted by molar-refractivity contribution is 0.598. The zero-order valence-corrected chi connectivity index (χ0v) is 12.2. The van der Waals surface area contributed by atoms with Crippen LogP contribution >= 0.6 is 0 Å². The van der Waals surface area contributed by atoms with Crippen molar-refractivity contribution < 1.29 is 12.8 Å². The second kappa shape index (κ2) is 6.69. The number of nitrogens with two attached hydrogens (primary N) is 1. The van der Waals surface area contributed by atoms with E-state index in [1.807, 2.05) is 0 Å². The van der Waals surface area contributed by atoms with E-state index in [2.05, 4.69) is 4.72 Å². The van der Waals surface area contributed by atoms with Gasteiger partial charge in [0.25, 0.3) is 10.0 Å². The summed E-state index contributed by atoms with van der Waals surface area (Å²) in [5, 5.41) is 0. The van der Waals surface area contributed by atoms with Gasteiger partial charge in [0.05, 0.1) is 10.6 Å². The van der Waals surface area contributed by atoms with Crippen LogP contribution in [0.4, 0.5) is 10.1 Å². The Bertz CT molecular complexity index is 700. The summed E-state index contributed by atoms with van der Waals surface area (Å²) in [6, 6.07) is 12.1. The summed E-state index contributed by atoms with van der Waals surface area (Å²) >= 11 is 0. The van der Waals surface area contributed by atoms with Crippen LogP contribution in [0.1, 0.15) is 12.0 Å². The topological polar surface area (TPSA) is 72.2 Å². The summed E-state index contributed by atoms with van der Waals surface area (Å²) in [4.78, 5) is 0.0993. The number of hydrogen-bond acceptors (Lipinski definition) is 3. The van der Waals surface area contributed by atoms with Crippen LogP contribution in [0.2, 0.25) is 0 Å². The average molecular weight is 308 g/mol. The van der Waals surface area contributed by atoms with Crippen LogP contribution in [0.25, 0.3) is 0 Å². The molecule has 0 radical (unpaired) electrons. The molecule has 0 fully saturated rings. The Kier molecular flexibility index (Phi) is 4.93. The van der Waals surface area contributed by atoms with Gasteiger partial charge in [-0.2, -0.15) is 0 Å². The summed E-state index contributed by atoms with van der Waals surface area (Å²) in [5.41, 5.74) is 6.39. The summed E-state index contributed by atoms with van der Waals surface area (Å²) < 4.78 is 40.1. The van der Waals surface area contributed by atoms with Gasteiger partial charge < -0.3 is 5.73 Å². The summed E-state index contributed by atoms with van der Waals surface area (Å²) in [6.07, 6.45) is 1.65. The average Bonchev–Trinajstić information content (AvgIpc) is 2.48. The number of benzene rings is 2.